The van der Waals surface area contributed by atoms with Gasteiger partial charge in [0.15, 0.2) is 0 Å². The van der Waals surface area contributed by atoms with E-state index in [9.17, 15) is 14.9 Å². The second-order valence-electron chi connectivity index (χ2n) is 5.66. The van der Waals surface area contributed by atoms with Gasteiger partial charge >= 0.3 is 0 Å². The van der Waals surface area contributed by atoms with Gasteiger partial charge in [0.1, 0.15) is 17.4 Å². The van der Waals surface area contributed by atoms with Crippen LogP contribution in [0.4, 0.5) is 0 Å². The van der Waals surface area contributed by atoms with Gasteiger partial charge in [-0.15, -0.1) is 0 Å². The molecular formula is C18H22N4O3. The highest BCUT2D eigenvalue weighted by molar-refractivity contribution is 5.97. The molecule has 1 aliphatic rings. The van der Waals surface area contributed by atoms with Crippen molar-refractivity contribution in [3.05, 3.63) is 41.6 Å². The van der Waals surface area contributed by atoms with E-state index in [1.165, 1.54) is 13.1 Å². The van der Waals surface area contributed by atoms with Crippen molar-refractivity contribution in [2.75, 3.05) is 33.3 Å². The van der Waals surface area contributed by atoms with E-state index in [-0.39, 0.29) is 17.4 Å². The van der Waals surface area contributed by atoms with Gasteiger partial charge in [-0.25, -0.2) is 0 Å². The third-order valence-electron chi connectivity index (χ3n) is 4.09. The van der Waals surface area contributed by atoms with E-state index in [0.29, 0.717) is 32.7 Å². The Labute approximate surface area is 147 Å². The van der Waals surface area contributed by atoms with Crippen LogP contribution in [0.2, 0.25) is 0 Å². The average Bonchev–Trinajstić information content (AvgIpc) is 2.65. The first-order chi connectivity index (χ1) is 12.1. The fourth-order valence-corrected chi connectivity index (χ4v) is 2.65. The van der Waals surface area contributed by atoms with Crippen LogP contribution in [0, 0.1) is 11.3 Å². The lowest BCUT2D eigenvalue weighted by Gasteiger charge is -2.34. The molecule has 1 aromatic rings. The summed E-state index contributed by atoms with van der Waals surface area (Å²) in [6, 6.07) is 9.48. The van der Waals surface area contributed by atoms with Crippen LogP contribution in [-0.4, -0.2) is 54.9 Å². The number of piperazine rings is 1. The summed E-state index contributed by atoms with van der Waals surface area (Å²) in [5.41, 5.74) is 0.979. The monoisotopic (exact) mass is 342 g/mol. The highest BCUT2D eigenvalue weighted by atomic mass is 16.5. The maximum Gasteiger partial charge on any atom is 0.266 e. The topological polar surface area (TPSA) is 85.7 Å². The lowest BCUT2D eigenvalue weighted by Crippen LogP contribution is -2.50. The van der Waals surface area contributed by atoms with Gasteiger partial charge < -0.3 is 19.9 Å². The number of carbonyl (C=O) groups excluding carboxylic acids is 2. The second-order valence-corrected chi connectivity index (χ2v) is 5.66. The Hall–Kier alpha value is -3.01. The first-order valence-corrected chi connectivity index (χ1v) is 8.07. The van der Waals surface area contributed by atoms with E-state index in [4.69, 9.17) is 4.74 Å². The van der Waals surface area contributed by atoms with Crippen molar-refractivity contribution in [1.29, 1.82) is 5.26 Å². The van der Waals surface area contributed by atoms with Crippen LogP contribution < -0.4 is 10.1 Å². The molecule has 1 heterocycles. The third-order valence-corrected chi connectivity index (χ3v) is 4.09. The van der Waals surface area contributed by atoms with Crippen LogP contribution in [0.25, 0.3) is 0 Å². The van der Waals surface area contributed by atoms with Crippen LogP contribution in [0.3, 0.4) is 0 Å². The molecular weight excluding hydrogens is 320 g/mol. The Morgan fingerprint density at radius 1 is 1.24 bits per heavy atom. The maximum absolute atomic E-state index is 12.4. The Bertz CT molecular complexity index is 701. The summed E-state index contributed by atoms with van der Waals surface area (Å²) in [6.45, 7) is 3.82. The lowest BCUT2D eigenvalue weighted by atomic mass is 10.2. The molecule has 0 atom stereocenters. The normalized spacial score (nSPS) is 14.7. The van der Waals surface area contributed by atoms with E-state index in [1.54, 1.807) is 16.9 Å². The summed E-state index contributed by atoms with van der Waals surface area (Å²) in [5.74, 6) is 0.424. The van der Waals surface area contributed by atoms with Crippen molar-refractivity contribution >= 4 is 11.8 Å². The van der Waals surface area contributed by atoms with Gasteiger partial charge in [0.2, 0.25) is 5.91 Å². The number of rotatable bonds is 5. The first kappa shape index (κ1) is 18.3. The number of hydrogen-bond acceptors (Lipinski definition) is 5. The van der Waals surface area contributed by atoms with Gasteiger partial charge in [0.25, 0.3) is 5.91 Å². The maximum atomic E-state index is 12.4. The number of methoxy groups -OCH3 is 1. The summed E-state index contributed by atoms with van der Waals surface area (Å²) >= 11 is 0. The number of ether oxygens (including phenoxy) is 1. The molecule has 0 unspecified atom stereocenters. The van der Waals surface area contributed by atoms with E-state index in [0.717, 1.165) is 11.3 Å². The van der Waals surface area contributed by atoms with Crippen molar-refractivity contribution in [1.82, 2.24) is 15.1 Å². The van der Waals surface area contributed by atoms with Crippen LogP contribution in [-0.2, 0) is 16.1 Å². The number of hydrogen-bond donors (Lipinski definition) is 1. The fraction of sp³-hybridized carbons (Fsp3) is 0.389. The Morgan fingerprint density at radius 3 is 2.48 bits per heavy atom. The highest BCUT2D eigenvalue weighted by Crippen LogP contribution is 2.16. The highest BCUT2D eigenvalue weighted by Gasteiger charge is 2.24. The molecule has 0 bridgehead atoms. The number of benzene rings is 1. The molecule has 132 valence electrons. The third kappa shape index (κ3) is 4.73. The minimum Gasteiger partial charge on any atom is -0.496 e. The van der Waals surface area contributed by atoms with Crippen LogP contribution in [0.1, 0.15) is 12.5 Å². The molecule has 1 fully saturated rings. The molecule has 0 saturated carbocycles. The molecule has 2 amide bonds. The number of para-hydroxylation sites is 1. The zero-order chi connectivity index (χ0) is 18.2. The summed E-state index contributed by atoms with van der Waals surface area (Å²) in [7, 11) is 1.60. The minimum absolute atomic E-state index is 0.00150. The molecule has 1 aliphatic heterocycles. The summed E-state index contributed by atoms with van der Waals surface area (Å²) in [5, 5.41) is 12.3. The molecule has 1 aromatic carbocycles. The van der Waals surface area contributed by atoms with E-state index < -0.39 is 0 Å². The van der Waals surface area contributed by atoms with E-state index >= 15 is 0 Å². The summed E-state index contributed by atoms with van der Waals surface area (Å²) < 4.78 is 5.27. The Kier molecular flexibility index (Phi) is 6.40. The Morgan fingerprint density at radius 2 is 1.88 bits per heavy atom. The zero-order valence-electron chi connectivity index (χ0n) is 14.5. The van der Waals surface area contributed by atoms with Gasteiger partial charge in [-0.1, -0.05) is 18.2 Å². The van der Waals surface area contributed by atoms with Crippen LogP contribution in [0.15, 0.2) is 36.0 Å². The van der Waals surface area contributed by atoms with Crippen molar-refractivity contribution < 1.29 is 14.3 Å². The van der Waals surface area contributed by atoms with Crippen LogP contribution in [0.5, 0.6) is 5.75 Å². The van der Waals surface area contributed by atoms with E-state index in [2.05, 4.69) is 5.32 Å². The lowest BCUT2D eigenvalue weighted by molar-refractivity contribution is -0.136. The van der Waals surface area contributed by atoms with Gasteiger partial charge in [-0.3, -0.25) is 9.59 Å². The van der Waals surface area contributed by atoms with Gasteiger partial charge in [0.05, 0.1) is 7.11 Å². The summed E-state index contributed by atoms with van der Waals surface area (Å²) in [4.78, 5) is 27.1. The fourth-order valence-electron chi connectivity index (χ4n) is 2.65. The molecule has 1 saturated heterocycles. The predicted octanol–water partition coefficient (Wildman–Crippen LogP) is 0.883. The standard InChI is InChI=1S/C18H22N4O3/c1-14(23)21-7-9-22(10-8-21)18(24)16(11-19)13-20-12-15-5-3-4-6-17(15)25-2/h3-6,13,20H,7-10,12H2,1-2H3/b16-13-. The number of amides is 2. The minimum atomic E-state index is -0.321. The molecule has 1 N–H and O–H groups in total. The van der Waals surface area contributed by atoms with Gasteiger partial charge in [0, 0.05) is 51.4 Å². The van der Waals surface area contributed by atoms with Crippen molar-refractivity contribution in [2.45, 2.75) is 13.5 Å². The molecule has 25 heavy (non-hydrogen) atoms. The Balaban J connectivity index is 1.95. The number of nitrogens with one attached hydrogen (secondary N) is 1. The van der Waals surface area contributed by atoms with Crippen molar-refractivity contribution in [3.63, 3.8) is 0 Å². The van der Waals surface area contributed by atoms with E-state index in [1.807, 2.05) is 30.3 Å². The SMILES string of the molecule is COc1ccccc1CN/C=C(/C#N)C(=O)N1CCN(C(C)=O)CC1. The van der Waals surface area contributed by atoms with Gasteiger partial charge in [-0.2, -0.15) is 5.26 Å². The zero-order valence-corrected chi connectivity index (χ0v) is 14.5. The molecule has 0 aromatic heterocycles. The second kappa shape index (κ2) is 8.73. The number of carbonyl (C=O) groups is 2. The van der Waals surface area contributed by atoms with Crippen molar-refractivity contribution in [3.8, 4) is 11.8 Å². The summed E-state index contributed by atoms with van der Waals surface area (Å²) in [6.07, 6.45) is 1.44. The molecule has 0 spiro atoms. The first-order valence-electron chi connectivity index (χ1n) is 8.07. The number of nitriles is 1. The van der Waals surface area contributed by atoms with Crippen LogP contribution >= 0.6 is 0 Å². The average molecular weight is 342 g/mol. The molecule has 7 heteroatoms. The quantitative estimate of drug-likeness (QED) is 0.634. The molecule has 2 rings (SSSR count). The molecule has 0 radical (unpaired) electrons. The van der Waals surface area contributed by atoms with Gasteiger partial charge in [-0.05, 0) is 6.07 Å². The predicted molar refractivity (Wildman–Crippen MR) is 92.4 cm³/mol. The molecule has 7 nitrogen and oxygen atoms in total. The van der Waals surface area contributed by atoms with Crippen molar-refractivity contribution in [2.24, 2.45) is 0 Å². The smallest absolute Gasteiger partial charge is 0.266 e. The molecule has 0 aliphatic carbocycles. The largest absolute Gasteiger partial charge is 0.496 e. The number of nitrogens with zero attached hydrogens (tertiary/aromatic N) is 3.